The van der Waals surface area contributed by atoms with Crippen molar-refractivity contribution in [3.63, 3.8) is 0 Å². The molecule has 2 rings (SSSR count). The number of carbonyl (C=O) groups is 1. The number of carbonyl (C=O) groups excluding carboxylic acids is 1. The lowest BCUT2D eigenvalue weighted by atomic mass is 10.1. The van der Waals surface area contributed by atoms with Crippen molar-refractivity contribution in [3.8, 4) is 0 Å². The smallest absolute Gasteiger partial charge is 0.222 e. The van der Waals surface area contributed by atoms with Crippen LogP contribution in [0, 0.1) is 0 Å². The van der Waals surface area contributed by atoms with Gasteiger partial charge in [-0.05, 0) is 12.0 Å². The van der Waals surface area contributed by atoms with Gasteiger partial charge in [-0.1, -0.05) is 101 Å². The highest BCUT2D eigenvalue weighted by atomic mass is 16.2. The maximum absolute atomic E-state index is 12.4. The Labute approximate surface area is 172 Å². The van der Waals surface area contributed by atoms with Crippen molar-refractivity contribution >= 4 is 12.0 Å². The van der Waals surface area contributed by atoms with Gasteiger partial charge >= 0.3 is 0 Å². The van der Waals surface area contributed by atoms with Gasteiger partial charge in [0.1, 0.15) is 0 Å². The molecule has 1 fully saturated rings. The van der Waals surface area contributed by atoms with E-state index in [9.17, 15) is 4.79 Å². The summed E-state index contributed by atoms with van der Waals surface area (Å²) in [6.45, 7) is 6.98. The number of nitrogens with zero attached hydrogens (tertiary/aromatic N) is 2. The average molecular weight is 385 g/mol. The summed E-state index contributed by atoms with van der Waals surface area (Å²) in [4.78, 5) is 16.9. The first-order valence-corrected chi connectivity index (χ1v) is 11.5. The van der Waals surface area contributed by atoms with Gasteiger partial charge in [0, 0.05) is 39.1 Å². The molecule has 28 heavy (non-hydrogen) atoms. The van der Waals surface area contributed by atoms with E-state index in [4.69, 9.17) is 0 Å². The molecule has 0 radical (unpaired) electrons. The minimum absolute atomic E-state index is 0.363. The predicted molar refractivity (Wildman–Crippen MR) is 120 cm³/mol. The summed E-state index contributed by atoms with van der Waals surface area (Å²) in [6.07, 6.45) is 16.9. The van der Waals surface area contributed by atoms with Crippen LogP contribution in [0.15, 0.2) is 36.4 Å². The van der Waals surface area contributed by atoms with Gasteiger partial charge in [0.2, 0.25) is 5.91 Å². The Bertz CT molecular complexity index is 547. The number of benzene rings is 1. The zero-order chi connectivity index (χ0) is 19.9. The van der Waals surface area contributed by atoms with Crippen molar-refractivity contribution in [1.29, 1.82) is 0 Å². The van der Waals surface area contributed by atoms with Crippen LogP contribution in [0.1, 0.15) is 76.7 Å². The molecule has 0 saturated carbocycles. The third-order valence-corrected chi connectivity index (χ3v) is 5.69. The highest BCUT2D eigenvalue weighted by Crippen LogP contribution is 2.12. The topological polar surface area (TPSA) is 23.6 Å². The van der Waals surface area contributed by atoms with Crippen LogP contribution in [0.25, 0.3) is 6.08 Å². The third-order valence-electron chi connectivity index (χ3n) is 5.69. The zero-order valence-electron chi connectivity index (χ0n) is 18.0. The molecule has 0 N–H and O–H groups in total. The molecule has 1 heterocycles. The Morgan fingerprint density at radius 2 is 1.46 bits per heavy atom. The van der Waals surface area contributed by atoms with Gasteiger partial charge in [0.15, 0.2) is 0 Å². The van der Waals surface area contributed by atoms with Gasteiger partial charge in [0.05, 0.1) is 0 Å². The van der Waals surface area contributed by atoms with Gasteiger partial charge in [-0.15, -0.1) is 0 Å². The number of unbranched alkanes of at least 4 members (excludes halogenated alkanes) is 8. The van der Waals surface area contributed by atoms with Crippen LogP contribution in [0.4, 0.5) is 0 Å². The summed E-state index contributed by atoms with van der Waals surface area (Å²) < 4.78 is 0. The van der Waals surface area contributed by atoms with Crippen molar-refractivity contribution in [3.05, 3.63) is 42.0 Å². The zero-order valence-corrected chi connectivity index (χ0v) is 18.0. The molecule has 0 aliphatic carbocycles. The molecule has 1 amide bonds. The van der Waals surface area contributed by atoms with Gasteiger partial charge in [0.25, 0.3) is 0 Å². The van der Waals surface area contributed by atoms with E-state index in [-0.39, 0.29) is 0 Å². The molecule has 0 unspecified atom stereocenters. The van der Waals surface area contributed by atoms with Crippen LogP contribution in [0.5, 0.6) is 0 Å². The molecule has 1 saturated heterocycles. The van der Waals surface area contributed by atoms with Gasteiger partial charge < -0.3 is 4.90 Å². The highest BCUT2D eigenvalue weighted by molar-refractivity contribution is 5.76. The number of hydrogen-bond acceptors (Lipinski definition) is 2. The molecule has 0 atom stereocenters. The fourth-order valence-electron chi connectivity index (χ4n) is 3.83. The van der Waals surface area contributed by atoms with Gasteiger partial charge in [-0.3, -0.25) is 9.69 Å². The van der Waals surface area contributed by atoms with Crippen molar-refractivity contribution in [2.24, 2.45) is 0 Å². The maximum atomic E-state index is 12.4. The normalized spacial score (nSPS) is 15.4. The molecule has 1 aliphatic heterocycles. The maximum Gasteiger partial charge on any atom is 0.222 e. The molecule has 3 heteroatoms. The summed E-state index contributed by atoms with van der Waals surface area (Å²) in [5, 5.41) is 0. The standard InChI is InChI=1S/C25H40N2O/c1-2-3-4-5-6-7-8-9-13-18-25(28)27-22-20-26(21-23-27)19-14-17-24-15-11-10-12-16-24/h10-12,14-17H,2-9,13,18-23H2,1H3. The monoisotopic (exact) mass is 384 g/mol. The molecule has 1 aromatic rings. The quantitative estimate of drug-likeness (QED) is 0.403. The lowest BCUT2D eigenvalue weighted by molar-refractivity contribution is -0.133. The molecule has 1 aliphatic rings. The molecule has 1 aromatic carbocycles. The first kappa shape index (κ1) is 22.7. The number of piperazine rings is 1. The van der Waals surface area contributed by atoms with E-state index in [1.807, 2.05) is 6.07 Å². The second-order valence-electron chi connectivity index (χ2n) is 8.07. The summed E-state index contributed by atoms with van der Waals surface area (Å²) in [7, 11) is 0. The summed E-state index contributed by atoms with van der Waals surface area (Å²) >= 11 is 0. The first-order valence-electron chi connectivity index (χ1n) is 11.5. The number of rotatable bonds is 13. The van der Waals surface area contributed by atoms with E-state index in [0.29, 0.717) is 5.91 Å². The van der Waals surface area contributed by atoms with E-state index in [1.54, 1.807) is 0 Å². The van der Waals surface area contributed by atoms with Gasteiger partial charge in [-0.2, -0.15) is 0 Å². The summed E-state index contributed by atoms with van der Waals surface area (Å²) in [5.41, 5.74) is 1.25. The Morgan fingerprint density at radius 1 is 0.857 bits per heavy atom. The molecule has 3 nitrogen and oxygen atoms in total. The third kappa shape index (κ3) is 9.54. The molecule has 0 spiro atoms. The van der Waals surface area contributed by atoms with Crippen molar-refractivity contribution < 1.29 is 4.79 Å². The second kappa shape index (κ2) is 14.4. The average Bonchev–Trinajstić information content (AvgIpc) is 2.74. The number of amides is 1. The first-order chi connectivity index (χ1) is 13.8. The highest BCUT2D eigenvalue weighted by Gasteiger charge is 2.19. The molecule has 156 valence electrons. The predicted octanol–water partition coefficient (Wildman–Crippen LogP) is 5.76. The van der Waals surface area contributed by atoms with Crippen molar-refractivity contribution in [2.45, 2.75) is 71.1 Å². The SMILES string of the molecule is CCCCCCCCCCCC(=O)N1CCN(CC=Cc2ccccc2)CC1. The fraction of sp³-hybridized carbons (Fsp3) is 0.640. The van der Waals surface area contributed by atoms with Crippen LogP contribution in [0.2, 0.25) is 0 Å². The van der Waals surface area contributed by atoms with Crippen LogP contribution in [-0.4, -0.2) is 48.4 Å². The lowest BCUT2D eigenvalue weighted by Crippen LogP contribution is -2.48. The van der Waals surface area contributed by atoms with E-state index in [2.05, 4.69) is 53.1 Å². The fourth-order valence-corrected chi connectivity index (χ4v) is 3.83. The van der Waals surface area contributed by atoms with Crippen LogP contribution >= 0.6 is 0 Å². The molecule has 0 aromatic heterocycles. The van der Waals surface area contributed by atoms with E-state index < -0.39 is 0 Å². The number of hydrogen-bond donors (Lipinski definition) is 0. The minimum atomic E-state index is 0.363. The van der Waals surface area contributed by atoms with Crippen molar-refractivity contribution in [2.75, 3.05) is 32.7 Å². The minimum Gasteiger partial charge on any atom is -0.340 e. The van der Waals surface area contributed by atoms with Gasteiger partial charge in [-0.25, -0.2) is 0 Å². The Kier molecular flexibility index (Phi) is 11.7. The Morgan fingerprint density at radius 3 is 2.11 bits per heavy atom. The van der Waals surface area contributed by atoms with Crippen LogP contribution < -0.4 is 0 Å². The van der Waals surface area contributed by atoms with E-state index >= 15 is 0 Å². The van der Waals surface area contributed by atoms with Crippen LogP contribution in [-0.2, 0) is 4.79 Å². The molecular formula is C25H40N2O. The second-order valence-corrected chi connectivity index (χ2v) is 8.07. The molecule has 0 bridgehead atoms. The Hall–Kier alpha value is -1.61. The molecular weight excluding hydrogens is 344 g/mol. The van der Waals surface area contributed by atoms with E-state index in [0.717, 1.165) is 45.6 Å². The van der Waals surface area contributed by atoms with E-state index in [1.165, 1.54) is 56.9 Å². The summed E-state index contributed by atoms with van der Waals surface area (Å²) in [5.74, 6) is 0.363. The Balaban J connectivity index is 1.49. The summed E-state index contributed by atoms with van der Waals surface area (Å²) in [6, 6.07) is 10.4. The lowest BCUT2D eigenvalue weighted by Gasteiger charge is -2.34. The van der Waals surface area contributed by atoms with Crippen LogP contribution in [0.3, 0.4) is 0 Å². The largest absolute Gasteiger partial charge is 0.340 e. The van der Waals surface area contributed by atoms with Crippen molar-refractivity contribution in [1.82, 2.24) is 9.80 Å².